The number of unbranched alkanes of at least 4 members (excludes halogenated alkanes) is 26. The largest absolute Gasteiger partial charge is 0.461 e. The van der Waals surface area contributed by atoms with Crippen LogP contribution in [0.15, 0.2) is 0 Å². The number of likely N-dealkylation sites (N-methyl/N-ethyl adjacent to an activating group) is 1. The molecule has 0 saturated carbocycles. The summed E-state index contributed by atoms with van der Waals surface area (Å²) in [6.07, 6.45) is 37.0. The van der Waals surface area contributed by atoms with Gasteiger partial charge in [0.25, 0.3) is 0 Å². The van der Waals surface area contributed by atoms with Crippen LogP contribution in [-0.2, 0) is 19.1 Å². The van der Waals surface area contributed by atoms with Crippen molar-refractivity contribution in [3.63, 3.8) is 0 Å². The standard InChI is InChI=1S/C40H80NO4/c1-6-8-10-12-14-16-18-20-22-24-26-28-30-32-34-39(42)44-37-38(36-41(3,4)5)45-40(43)35-33-31-29-27-25-23-21-19-17-15-13-11-9-7-2/h38H,6-37H2,1-5H3/q+1/t38-/m1/s1. The smallest absolute Gasteiger partial charge is 0.306 e. The van der Waals surface area contributed by atoms with Crippen LogP contribution in [0.2, 0.25) is 0 Å². The quantitative estimate of drug-likeness (QED) is 0.0394. The number of ether oxygens (including phenoxy) is 2. The second-order valence-electron chi connectivity index (χ2n) is 15.0. The van der Waals surface area contributed by atoms with Crippen molar-refractivity contribution in [3.8, 4) is 0 Å². The Bertz CT molecular complexity index is 645. The van der Waals surface area contributed by atoms with E-state index in [9.17, 15) is 9.59 Å². The zero-order valence-corrected chi connectivity index (χ0v) is 31.3. The molecule has 0 aromatic carbocycles. The third-order valence-electron chi connectivity index (χ3n) is 8.95. The van der Waals surface area contributed by atoms with Gasteiger partial charge in [-0.3, -0.25) is 9.59 Å². The zero-order valence-electron chi connectivity index (χ0n) is 31.3. The summed E-state index contributed by atoms with van der Waals surface area (Å²) >= 11 is 0. The summed E-state index contributed by atoms with van der Waals surface area (Å²) in [6.45, 7) is 5.35. The van der Waals surface area contributed by atoms with Gasteiger partial charge in [0.1, 0.15) is 13.2 Å². The minimum Gasteiger partial charge on any atom is -0.461 e. The number of nitrogens with zero attached hydrogens (tertiary/aromatic N) is 1. The molecule has 0 aromatic heterocycles. The maximum absolute atomic E-state index is 12.6. The maximum Gasteiger partial charge on any atom is 0.306 e. The van der Waals surface area contributed by atoms with E-state index in [1.807, 2.05) is 0 Å². The number of hydrogen-bond donors (Lipinski definition) is 0. The molecule has 0 saturated heterocycles. The third kappa shape index (κ3) is 35.6. The molecule has 0 unspecified atom stereocenters. The number of rotatable bonds is 35. The molecule has 0 aliphatic heterocycles. The van der Waals surface area contributed by atoms with Crippen molar-refractivity contribution in [1.29, 1.82) is 0 Å². The zero-order chi connectivity index (χ0) is 33.3. The average molecular weight is 639 g/mol. The molecule has 0 N–H and O–H groups in total. The van der Waals surface area contributed by atoms with Gasteiger partial charge in [-0.25, -0.2) is 0 Å². The molecule has 0 rings (SSSR count). The highest BCUT2D eigenvalue weighted by atomic mass is 16.6. The van der Waals surface area contributed by atoms with Crippen LogP contribution in [0.1, 0.15) is 206 Å². The van der Waals surface area contributed by atoms with Gasteiger partial charge in [0, 0.05) is 12.8 Å². The first kappa shape index (κ1) is 43.9. The van der Waals surface area contributed by atoms with Crippen LogP contribution < -0.4 is 0 Å². The van der Waals surface area contributed by atoms with E-state index in [1.54, 1.807) is 0 Å². The van der Waals surface area contributed by atoms with Gasteiger partial charge >= 0.3 is 11.9 Å². The molecule has 1 atom stereocenters. The summed E-state index contributed by atoms with van der Waals surface area (Å²) in [4.78, 5) is 24.9. The van der Waals surface area contributed by atoms with Crippen molar-refractivity contribution < 1.29 is 23.5 Å². The number of esters is 2. The SMILES string of the molecule is CCCCCCCCCCCCCCCCC(=O)OC[C@@H](C[N+](C)(C)C)OC(=O)CCCCCCCCCCCCCCCC. The van der Waals surface area contributed by atoms with Crippen LogP contribution in [0.5, 0.6) is 0 Å². The van der Waals surface area contributed by atoms with Crippen molar-refractivity contribution in [2.75, 3.05) is 34.3 Å². The third-order valence-corrected chi connectivity index (χ3v) is 8.95. The van der Waals surface area contributed by atoms with Crippen molar-refractivity contribution in [2.45, 2.75) is 213 Å². The Morgan fingerprint density at radius 1 is 0.444 bits per heavy atom. The van der Waals surface area contributed by atoms with Crippen molar-refractivity contribution in [1.82, 2.24) is 0 Å². The number of carbonyl (C=O) groups excluding carboxylic acids is 2. The molecule has 0 aromatic rings. The monoisotopic (exact) mass is 639 g/mol. The van der Waals surface area contributed by atoms with E-state index < -0.39 is 0 Å². The van der Waals surface area contributed by atoms with Crippen LogP contribution in [0.25, 0.3) is 0 Å². The lowest BCUT2D eigenvalue weighted by Crippen LogP contribution is -2.45. The average Bonchev–Trinajstić information content (AvgIpc) is 2.99. The predicted octanol–water partition coefficient (Wildman–Crippen LogP) is 11.9. The molecule has 0 spiro atoms. The lowest BCUT2D eigenvalue weighted by atomic mass is 10.0. The van der Waals surface area contributed by atoms with Gasteiger partial charge in [-0.2, -0.15) is 0 Å². The molecule has 0 fully saturated rings. The summed E-state index contributed by atoms with van der Waals surface area (Å²) in [5.74, 6) is -0.321. The van der Waals surface area contributed by atoms with Gasteiger partial charge in [0.15, 0.2) is 6.10 Å². The molecule has 0 aliphatic rings. The van der Waals surface area contributed by atoms with Gasteiger partial charge < -0.3 is 14.0 Å². The highest BCUT2D eigenvalue weighted by Crippen LogP contribution is 2.15. The number of carbonyl (C=O) groups is 2. The normalized spacial score (nSPS) is 12.4. The van der Waals surface area contributed by atoms with E-state index in [1.165, 1.54) is 154 Å². The molecular weight excluding hydrogens is 558 g/mol. The minimum atomic E-state index is -0.385. The van der Waals surface area contributed by atoms with Gasteiger partial charge in [0.05, 0.1) is 21.1 Å². The molecule has 5 heteroatoms. The van der Waals surface area contributed by atoms with Crippen LogP contribution >= 0.6 is 0 Å². The Labute approximate surface area is 281 Å². The van der Waals surface area contributed by atoms with Gasteiger partial charge in [0.2, 0.25) is 0 Å². The Morgan fingerprint density at radius 2 is 0.733 bits per heavy atom. The fraction of sp³-hybridized carbons (Fsp3) is 0.950. The van der Waals surface area contributed by atoms with Gasteiger partial charge in [-0.1, -0.05) is 181 Å². The first-order valence-corrected chi connectivity index (χ1v) is 19.9. The Morgan fingerprint density at radius 3 is 1.04 bits per heavy atom. The highest BCUT2D eigenvalue weighted by molar-refractivity contribution is 5.70. The Kier molecular flexibility index (Phi) is 32.0. The summed E-state index contributed by atoms with van der Waals surface area (Å²) < 4.78 is 12.0. The molecule has 0 heterocycles. The fourth-order valence-electron chi connectivity index (χ4n) is 6.17. The van der Waals surface area contributed by atoms with Crippen LogP contribution in [-0.4, -0.2) is 56.8 Å². The van der Waals surface area contributed by atoms with Crippen molar-refractivity contribution in [2.24, 2.45) is 0 Å². The molecule has 268 valence electrons. The molecule has 5 nitrogen and oxygen atoms in total. The maximum atomic E-state index is 12.6. The van der Waals surface area contributed by atoms with Crippen molar-refractivity contribution in [3.05, 3.63) is 0 Å². The second-order valence-corrected chi connectivity index (χ2v) is 15.0. The molecular formula is C40H80NO4+. The van der Waals surface area contributed by atoms with E-state index >= 15 is 0 Å². The van der Waals surface area contributed by atoms with Crippen LogP contribution in [0.4, 0.5) is 0 Å². The molecule has 0 bridgehead atoms. The molecule has 0 amide bonds. The minimum absolute atomic E-state index is 0.157. The second kappa shape index (κ2) is 32.8. The molecule has 0 radical (unpaired) electrons. The fourth-order valence-corrected chi connectivity index (χ4v) is 6.17. The number of quaternary nitrogens is 1. The van der Waals surface area contributed by atoms with Gasteiger partial charge in [-0.15, -0.1) is 0 Å². The highest BCUT2D eigenvalue weighted by Gasteiger charge is 2.23. The lowest BCUT2D eigenvalue weighted by Gasteiger charge is -2.28. The topological polar surface area (TPSA) is 52.6 Å². The first-order valence-electron chi connectivity index (χ1n) is 19.9. The summed E-state index contributed by atoms with van der Waals surface area (Å²) in [6, 6.07) is 0. The van der Waals surface area contributed by atoms with E-state index in [2.05, 4.69) is 35.0 Å². The Balaban J connectivity index is 3.83. The summed E-state index contributed by atoms with van der Waals surface area (Å²) in [5, 5.41) is 0. The van der Waals surface area contributed by atoms with Crippen LogP contribution in [0.3, 0.4) is 0 Å². The first-order chi connectivity index (χ1) is 21.8. The van der Waals surface area contributed by atoms with E-state index in [-0.39, 0.29) is 24.6 Å². The van der Waals surface area contributed by atoms with Crippen LogP contribution in [0, 0.1) is 0 Å². The van der Waals surface area contributed by atoms with E-state index in [0.29, 0.717) is 23.9 Å². The Hall–Kier alpha value is -1.10. The molecule has 0 aliphatic carbocycles. The van der Waals surface area contributed by atoms with E-state index in [0.717, 1.165) is 25.7 Å². The molecule has 45 heavy (non-hydrogen) atoms. The summed E-state index contributed by atoms with van der Waals surface area (Å²) in [5.41, 5.74) is 0. The lowest BCUT2D eigenvalue weighted by molar-refractivity contribution is -0.873. The van der Waals surface area contributed by atoms with Crippen molar-refractivity contribution >= 4 is 11.9 Å². The summed E-state index contributed by atoms with van der Waals surface area (Å²) in [7, 11) is 6.22. The predicted molar refractivity (Wildman–Crippen MR) is 194 cm³/mol. The number of hydrogen-bond acceptors (Lipinski definition) is 4. The van der Waals surface area contributed by atoms with E-state index in [4.69, 9.17) is 9.47 Å². The van der Waals surface area contributed by atoms with Gasteiger partial charge in [-0.05, 0) is 12.8 Å².